The van der Waals surface area contributed by atoms with Crippen LogP contribution in [0.4, 0.5) is 4.39 Å². The van der Waals surface area contributed by atoms with Gasteiger partial charge in [0, 0.05) is 19.3 Å². The van der Waals surface area contributed by atoms with Crippen LogP contribution in [0.15, 0.2) is 59.7 Å². The van der Waals surface area contributed by atoms with E-state index in [0.29, 0.717) is 6.42 Å². The van der Waals surface area contributed by atoms with Crippen molar-refractivity contribution < 1.29 is 19.1 Å². The Kier molecular flexibility index (Phi) is 7.21. The Morgan fingerprint density at radius 1 is 1.23 bits per heavy atom. The lowest BCUT2D eigenvalue weighted by Gasteiger charge is -2.20. The summed E-state index contributed by atoms with van der Waals surface area (Å²) >= 11 is 0. The summed E-state index contributed by atoms with van der Waals surface area (Å²) in [6, 6.07) is 13.3. The molecule has 0 saturated heterocycles. The van der Waals surface area contributed by atoms with Gasteiger partial charge in [-0.15, -0.1) is 0 Å². The first-order valence-electron chi connectivity index (χ1n) is 9.63. The molecule has 1 aromatic heterocycles. The van der Waals surface area contributed by atoms with Crippen molar-refractivity contribution in [1.29, 1.82) is 0 Å². The van der Waals surface area contributed by atoms with E-state index in [2.05, 4.69) is 25.7 Å². The lowest BCUT2D eigenvalue weighted by molar-refractivity contribution is -0.139. The molecular weight excluding hydrogens is 401 g/mol. The number of hydrogen-bond acceptors (Lipinski definition) is 5. The molecule has 3 N–H and O–H groups in total. The van der Waals surface area contributed by atoms with Crippen molar-refractivity contribution in [3.63, 3.8) is 0 Å². The van der Waals surface area contributed by atoms with Crippen LogP contribution in [0.1, 0.15) is 22.5 Å². The number of aromatic amines is 1. The zero-order valence-electron chi connectivity index (χ0n) is 16.8. The van der Waals surface area contributed by atoms with Gasteiger partial charge >= 0.3 is 5.97 Å². The molecule has 0 spiro atoms. The zero-order valence-corrected chi connectivity index (χ0v) is 16.8. The SMILES string of the molecule is CN=CC(CC(Cc1ccc(-c2cccc(F)c2)cc1)NC(=O)c1cn[nH]n1)C(=O)O. The monoisotopic (exact) mass is 423 g/mol. The minimum absolute atomic E-state index is 0.113. The predicted octanol–water partition coefficient (Wildman–Crippen LogP) is 2.74. The molecule has 31 heavy (non-hydrogen) atoms. The molecule has 3 aromatic rings. The number of halogens is 1. The highest BCUT2D eigenvalue weighted by molar-refractivity contribution is 5.92. The zero-order chi connectivity index (χ0) is 22.2. The van der Waals surface area contributed by atoms with Gasteiger partial charge in [-0.25, -0.2) is 4.39 Å². The van der Waals surface area contributed by atoms with Crippen LogP contribution in [-0.2, 0) is 11.2 Å². The number of carbonyl (C=O) groups is 2. The largest absolute Gasteiger partial charge is 0.481 e. The Bertz CT molecular complexity index is 1050. The number of H-pyrrole nitrogens is 1. The Morgan fingerprint density at radius 3 is 2.61 bits per heavy atom. The molecule has 0 radical (unpaired) electrons. The Morgan fingerprint density at radius 2 is 2.00 bits per heavy atom. The number of hydrogen-bond donors (Lipinski definition) is 3. The third-order valence-electron chi connectivity index (χ3n) is 4.76. The lowest BCUT2D eigenvalue weighted by Crippen LogP contribution is -2.39. The standard InChI is InChI=1S/C22H22FN5O3/c1-24-12-17(22(30)31)11-19(26-21(29)20-13-25-28-27-20)9-14-5-7-15(8-6-14)16-3-2-4-18(23)10-16/h2-8,10,12-13,17,19H,9,11H2,1H3,(H,26,29)(H,30,31)(H,25,27,28). The van der Waals surface area contributed by atoms with Crippen LogP contribution in [0.2, 0.25) is 0 Å². The maximum absolute atomic E-state index is 13.5. The number of aliphatic imine (C=N–C) groups is 1. The molecule has 8 nitrogen and oxygen atoms in total. The van der Waals surface area contributed by atoms with E-state index >= 15 is 0 Å². The van der Waals surface area contributed by atoms with Gasteiger partial charge in [-0.05, 0) is 41.7 Å². The molecule has 0 aliphatic carbocycles. The van der Waals surface area contributed by atoms with Crippen molar-refractivity contribution in [2.24, 2.45) is 10.9 Å². The van der Waals surface area contributed by atoms with Crippen LogP contribution in [-0.4, -0.2) is 51.7 Å². The fourth-order valence-corrected chi connectivity index (χ4v) is 3.26. The summed E-state index contributed by atoms with van der Waals surface area (Å²) in [5.41, 5.74) is 2.62. The van der Waals surface area contributed by atoms with E-state index in [9.17, 15) is 19.1 Å². The van der Waals surface area contributed by atoms with Gasteiger partial charge < -0.3 is 10.4 Å². The van der Waals surface area contributed by atoms with E-state index in [1.807, 2.05) is 30.3 Å². The molecule has 1 heterocycles. The van der Waals surface area contributed by atoms with Crippen molar-refractivity contribution in [3.8, 4) is 11.1 Å². The molecule has 0 fully saturated rings. The second-order valence-corrected chi connectivity index (χ2v) is 7.02. The number of nitrogens with zero attached hydrogens (tertiary/aromatic N) is 3. The maximum Gasteiger partial charge on any atom is 0.312 e. The molecule has 0 saturated carbocycles. The fourth-order valence-electron chi connectivity index (χ4n) is 3.26. The topological polar surface area (TPSA) is 120 Å². The molecule has 160 valence electrons. The third-order valence-corrected chi connectivity index (χ3v) is 4.76. The molecule has 2 aromatic carbocycles. The van der Waals surface area contributed by atoms with Crippen LogP contribution in [0.5, 0.6) is 0 Å². The average molecular weight is 423 g/mol. The second kappa shape index (κ2) is 10.2. The van der Waals surface area contributed by atoms with Crippen LogP contribution in [0.25, 0.3) is 11.1 Å². The quantitative estimate of drug-likeness (QED) is 0.457. The van der Waals surface area contributed by atoms with Gasteiger partial charge in [-0.1, -0.05) is 36.4 Å². The predicted molar refractivity (Wildman–Crippen MR) is 113 cm³/mol. The van der Waals surface area contributed by atoms with Crippen molar-refractivity contribution in [2.45, 2.75) is 18.9 Å². The minimum Gasteiger partial charge on any atom is -0.481 e. The maximum atomic E-state index is 13.5. The molecule has 9 heteroatoms. The molecule has 1 amide bonds. The number of carboxylic acids is 1. The Labute approximate surface area is 178 Å². The summed E-state index contributed by atoms with van der Waals surface area (Å²) in [6.45, 7) is 0. The highest BCUT2D eigenvalue weighted by Gasteiger charge is 2.24. The van der Waals surface area contributed by atoms with Gasteiger partial charge in [0.05, 0.1) is 12.1 Å². The van der Waals surface area contributed by atoms with Crippen LogP contribution >= 0.6 is 0 Å². The Hall–Kier alpha value is -3.88. The summed E-state index contributed by atoms with van der Waals surface area (Å²) in [7, 11) is 1.50. The fraction of sp³-hybridized carbons (Fsp3) is 0.227. The average Bonchev–Trinajstić information content (AvgIpc) is 3.29. The Balaban J connectivity index is 1.78. The van der Waals surface area contributed by atoms with Crippen molar-refractivity contribution in [3.05, 3.63) is 71.8 Å². The summed E-state index contributed by atoms with van der Waals surface area (Å²) in [5, 5.41) is 22.0. The number of carbonyl (C=O) groups excluding carboxylic acids is 1. The van der Waals surface area contributed by atoms with Gasteiger partial charge in [0.1, 0.15) is 5.82 Å². The molecular formula is C22H22FN5O3. The van der Waals surface area contributed by atoms with E-state index < -0.39 is 23.8 Å². The van der Waals surface area contributed by atoms with Gasteiger partial charge in [-0.2, -0.15) is 15.4 Å². The highest BCUT2D eigenvalue weighted by Crippen LogP contribution is 2.21. The van der Waals surface area contributed by atoms with Gasteiger partial charge in [-0.3, -0.25) is 14.6 Å². The molecule has 3 rings (SSSR count). The number of nitrogens with one attached hydrogen (secondary N) is 2. The number of aromatic nitrogens is 3. The van der Waals surface area contributed by atoms with Crippen molar-refractivity contribution in [1.82, 2.24) is 20.7 Å². The first kappa shape index (κ1) is 21.8. The molecule has 0 bridgehead atoms. The van der Waals surface area contributed by atoms with Crippen molar-refractivity contribution >= 4 is 18.1 Å². The number of carboxylic acid groups (broad SMARTS) is 1. The van der Waals surface area contributed by atoms with E-state index in [4.69, 9.17) is 0 Å². The first-order chi connectivity index (χ1) is 15.0. The van der Waals surface area contributed by atoms with Crippen LogP contribution in [0.3, 0.4) is 0 Å². The molecule has 0 aliphatic heterocycles. The number of aliphatic carboxylic acids is 1. The van der Waals surface area contributed by atoms with Crippen LogP contribution < -0.4 is 5.32 Å². The summed E-state index contributed by atoms with van der Waals surface area (Å²) in [6.07, 6.45) is 3.20. The van der Waals surface area contributed by atoms with E-state index in [-0.39, 0.29) is 17.9 Å². The minimum atomic E-state index is -1.02. The normalized spacial score (nSPS) is 13.1. The first-order valence-corrected chi connectivity index (χ1v) is 9.63. The number of benzene rings is 2. The number of rotatable bonds is 9. The van der Waals surface area contributed by atoms with E-state index in [1.165, 1.54) is 31.6 Å². The van der Waals surface area contributed by atoms with Crippen LogP contribution in [0, 0.1) is 11.7 Å². The molecule has 2 atom stereocenters. The summed E-state index contributed by atoms with van der Waals surface area (Å²) < 4.78 is 13.5. The molecule has 0 aliphatic rings. The van der Waals surface area contributed by atoms with Gasteiger partial charge in [0.15, 0.2) is 5.69 Å². The van der Waals surface area contributed by atoms with Gasteiger partial charge in [0.25, 0.3) is 5.91 Å². The lowest BCUT2D eigenvalue weighted by atomic mass is 9.94. The number of amides is 1. The smallest absolute Gasteiger partial charge is 0.312 e. The van der Waals surface area contributed by atoms with Crippen molar-refractivity contribution in [2.75, 3.05) is 7.05 Å². The summed E-state index contributed by atoms with van der Waals surface area (Å²) in [5.74, 6) is -2.63. The highest BCUT2D eigenvalue weighted by atomic mass is 19.1. The molecule has 2 unspecified atom stereocenters. The van der Waals surface area contributed by atoms with E-state index in [0.717, 1.165) is 16.7 Å². The summed E-state index contributed by atoms with van der Waals surface area (Å²) in [4.78, 5) is 27.8. The van der Waals surface area contributed by atoms with E-state index in [1.54, 1.807) is 6.07 Å². The third kappa shape index (κ3) is 6.05. The second-order valence-electron chi connectivity index (χ2n) is 7.02. The van der Waals surface area contributed by atoms with Gasteiger partial charge in [0.2, 0.25) is 0 Å².